The molecule has 1 heterocycles. The summed E-state index contributed by atoms with van der Waals surface area (Å²) in [6.45, 7) is 3.28. The van der Waals surface area contributed by atoms with E-state index in [1.54, 1.807) is 0 Å². The number of likely N-dealkylation sites (tertiary alicyclic amines) is 1. The number of nitrogens with one attached hydrogen (secondary N) is 1. The van der Waals surface area contributed by atoms with Crippen molar-refractivity contribution in [1.29, 1.82) is 0 Å². The number of hydrogen-bond donors (Lipinski definition) is 1. The highest BCUT2D eigenvalue weighted by Gasteiger charge is 2.23. The van der Waals surface area contributed by atoms with Crippen LogP contribution in [-0.2, 0) is 6.54 Å². The van der Waals surface area contributed by atoms with E-state index in [4.69, 9.17) is 0 Å². The molecule has 0 aliphatic carbocycles. The summed E-state index contributed by atoms with van der Waals surface area (Å²) in [4.78, 5) is 8.80. The third kappa shape index (κ3) is 4.94. The molecule has 4 nitrogen and oxygen atoms in total. The van der Waals surface area contributed by atoms with Crippen LogP contribution < -0.4 is 5.32 Å². The topological polar surface area (TPSA) is 30.9 Å². The van der Waals surface area contributed by atoms with Crippen LogP contribution in [0.2, 0.25) is 0 Å². The van der Waals surface area contributed by atoms with E-state index in [1.165, 1.54) is 12.0 Å². The zero-order chi connectivity index (χ0) is 13.7. The van der Waals surface area contributed by atoms with Gasteiger partial charge in [-0.1, -0.05) is 30.3 Å². The van der Waals surface area contributed by atoms with E-state index < -0.39 is 0 Å². The van der Waals surface area contributed by atoms with Gasteiger partial charge < -0.3 is 10.2 Å². The summed E-state index contributed by atoms with van der Waals surface area (Å²) in [7, 11) is 5.87. The van der Waals surface area contributed by atoms with Gasteiger partial charge in [0.05, 0.1) is 0 Å². The van der Waals surface area contributed by atoms with E-state index in [0.29, 0.717) is 6.04 Å². The SMILES string of the molecule is CN=C(NC1CCN(Cc2ccccc2)C1)N(C)C.I. The average Bonchev–Trinajstić information content (AvgIpc) is 2.84. The van der Waals surface area contributed by atoms with Crippen molar-refractivity contribution in [2.45, 2.75) is 19.0 Å². The third-order valence-corrected chi connectivity index (χ3v) is 3.49. The van der Waals surface area contributed by atoms with E-state index in [0.717, 1.165) is 25.6 Å². The molecule has 0 saturated carbocycles. The molecule has 1 aliphatic heterocycles. The summed E-state index contributed by atoms with van der Waals surface area (Å²) < 4.78 is 0. The minimum atomic E-state index is 0. The van der Waals surface area contributed by atoms with Gasteiger partial charge in [-0.3, -0.25) is 9.89 Å². The number of benzene rings is 1. The summed E-state index contributed by atoms with van der Waals surface area (Å²) in [6, 6.07) is 11.2. The first-order chi connectivity index (χ1) is 9.19. The van der Waals surface area contributed by atoms with E-state index in [1.807, 2.05) is 26.0 Å². The molecule has 0 radical (unpaired) electrons. The minimum absolute atomic E-state index is 0. The van der Waals surface area contributed by atoms with Crippen LogP contribution in [0, 0.1) is 0 Å². The first-order valence-corrected chi connectivity index (χ1v) is 6.86. The maximum atomic E-state index is 4.27. The van der Waals surface area contributed by atoms with Crippen molar-refractivity contribution in [3.8, 4) is 0 Å². The van der Waals surface area contributed by atoms with Gasteiger partial charge in [0.15, 0.2) is 5.96 Å². The zero-order valence-electron chi connectivity index (χ0n) is 12.5. The number of hydrogen-bond acceptors (Lipinski definition) is 2. The molecule has 0 spiro atoms. The van der Waals surface area contributed by atoms with Crippen LogP contribution in [0.25, 0.3) is 0 Å². The van der Waals surface area contributed by atoms with Crippen molar-refractivity contribution < 1.29 is 0 Å². The monoisotopic (exact) mass is 388 g/mol. The Labute approximate surface area is 139 Å². The largest absolute Gasteiger partial charge is 0.352 e. The van der Waals surface area contributed by atoms with Crippen LogP contribution >= 0.6 is 24.0 Å². The van der Waals surface area contributed by atoms with Crippen LogP contribution in [0.4, 0.5) is 0 Å². The van der Waals surface area contributed by atoms with Crippen molar-refractivity contribution in [2.75, 3.05) is 34.2 Å². The van der Waals surface area contributed by atoms with Gasteiger partial charge in [-0.15, -0.1) is 24.0 Å². The Kier molecular flexibility index (Phi) is 7.29. The summed E-state index contributed by atoms with van der Waals surface area (Å²) in [6.07, 6.45) is 1.18. The van der Waals surface area contributed by atoms with Crippen LogP contribution in [0.3, 0.4) is 0 Å². The fourth-order valence-corrected chi connectivity index (χ4v) is 2.51. The lowest BCUT2D eigenvalue weighted by atomic mass is 10.2. The average molecular weight is 388 g/mol. The van der Waals surface area contributed by atoms with Crippen LogP contribution in [0.5, 0.6) is 0 Å². The molecular weight excluding hydrogens is 363 g/mol. The normalized spacial score (nSPS) is 19.6. The Morgan fingerprint density at radius 3 is 2.65 bits per heavy atom. The molecule has 1 unspecified atom stereocenters. The Balaban J connectivity index is 0.00000200. The molecule has 0 amide bonds. The highest BCUT2D eigenvalue weighted by molar-refractivity contribution is 14.0. The van der Waals surface area contributed by atoms with Gasteiger partial charge >= 0.3 is 0 Å². The quantitative estimate of drug-likeness (QED) is 0.488. The second-order valence-corrected chi connectivity index (χ2v) is 5.29. The Morgan fingerprint density at radius 1 is 1.35 bits per heavy atom. The summed E-state index contributed by atoms with van der Waals surface area (Å²) in [5.41, 5.74) is 1.39. The lowest BCUT2D eigenvalue weighted by Gasteiger charge is -2.22. The van der Waals surface area contributed by atoms with Crippen molar-refractivity contribution in [2.24, 2.45) is 4.99 Å². The minimum Gasteiger partial charge on any atom is -0.352 e. The van der Waals surface area contributed by atoms with Crippen molar-refractivity contribution in [1.82, 2.24) is 15.1 Å². The highest BCUT2D eigenvalue weighted by Crippen LogP contribution is 2.13. The van der Waals surface area contributed by atoms with Gasteiger partial charge in [0.2, 0.25) is 0 Å². The fourth-order valence-electron chi connectivity index (χ4n) is 2.51. The van der Waals surface area contributed by atoms with Crippen LogP contribution in [-0.4, -0.2) is 56.0 Å². The Bertz CT molecular complexity index is 419. The molecular formula is C15H25IN4. The Hall–Kier alpha value is -0.820. The number of aliphatic imine (C=N–C) groups is 1. The molecule has 1 atom stereocenters. The number of halogens is 1. The van der Waals surface area contributed by atoms with E-state index in [2.05, 4.69) is 45.5 Å². The van der Waals surface area contributed by atoms with E-state index in [9.17, 15) is 0 Å². The molecule has 1 fully saturated rings. The fraction of sp³-hybridized carbons (Fsp3) is 0.533. The maximum absolute atomic E-state index is 4.27. The number of guanidine groups is 1. The predicted octanol–water partition coefficient (Wildman–Crippen LogP) is 2.02. The molecule has 5 heteroatoms. The predicted molar refractivity (Wildman–Crippen MR) is 95.7 cm³/mol. The molecule has 1 saturated heterocycles. The molecule has 1 aliphatic rings. The molecule has 0 bridgehead atoms. The molecule has 0 aromatic heterocycles. The zero-order valence-corrected chi connectivity index (χ0v) is 14.9. The summed E-state index contributed by atoms with van der Waals surface area (Å²) in [5.74, 6) is 0.964. The van der Waals surface area contributed by atoms with Crippen molar-refractivity contribution in [3.05, 3.63) is 35.9 Å². The van der Waals surface area contributed by atoms with Gasteiger partial charge in [-0.25, -0.2) is 0 Å². The van der Waals surface area contributed by atoms with Gasteiger partial charge in [-0.05, 0) is 12.0 Å². The molecule has 1 N–H and O–H groups in total. The second kappa shape index (κ2) is 8.46. The lowest BCUT2D eigenvalue weighted by Crippen LogP contribution is -2.43. The first kappa shape index (κ1) is 17.2. The van der Waals surface area contributed by atoms with E-state index >= 15 is 0 Å². The highest BCUT2D eigenvalue weighted by atomic mass is 127. The van der Waals surface area contributed by atoms with Gasteiger partial charge in [0, 0.05) is 46.8 Å². The number of rotatable bonds is 3. The Morgan fingerprint density at radius 2 is 2.05 bits per heavy atom. The molecule has 112 valence electrons. The maximum Gasteiger partial charge on any atom is 0.193 e. The number of nitrogens with zero attached hydrogens (tertiary/aromatic N) is 3. The third-order valence-electron chi connectivity index (χ3n) is 3.49. The van der Waals surface area contributed by atoms with E-state index in [-0.39, 0.29) is 24.0 Å². The van der Waals surface area contributed by atoms with Crippen molar-refractivity contribution >= 4 is 29.9 Å². The van der Waals surface area contributed by atoms with Crippen LogP contribution in [0.15, 0.2) is 35.3 Å². The lowest BCUT2D eigenvalue weighted by molar-refractivity contribution is 0.323. The van der Waals surface area contributed by atoms with Crippen LogP contribution in [0.1, 0.15) is 12.0 Å². The second-order valence-electron chi connectivity index (χ2n) is 5.29. The smallest absolute Gasteiger partial charge is 0.193 e. The van der Waals surface area contributed by atoms with Gasteiger partial charge in [-0.2, -0.15) is 0 Å². The molecule has 2 rings (SSSR count). The van der Waals surface area contributed by atoms with Gasteiger partial charge in [0.1, 0.15) is 0 Å². The van der Waals surface area contributed by atoms with Gasteiger partial charge in [0.25, 0.3) is 0 Å². The summed E-state index contributed by atoms with van der Waals surface area (Å²) in [5, 5.41) is 3.52. The summed E-state index contributed by atoms with van der Waals surface area (Å²) >= 11 is 0. The molecule has 1 aromatic carbocycles. The first-order valence-electron chi connectivity index (χ1n) is 6.86. The molecule has 20 heavy (non-hydrogen) atoms. The molecule has 1 aromatic rings. The standard InChI is InChI=1S/C15H24N4.HI/c1-16-15(18(2)3)17-14-9-10-19(12-14)11-13-7-5-4-6-8-13;/h4-8,14H,9-12H2,1-3H3,(H,16,17);1H. The van der Waals surface area contributed by atoms with Crippen molar-refractivity contribution in [3.63, 3.8) is 0 Å².